The summed E-state index contributed by atoms with van der Waals surface area (Å²) in [4.78, 5) is 0. The lowest BCUT2D eigenvalue weighted by Crippen LogP contribution is -2.47. The van der Waals surface area contributed by atoms with Gasteiger partial charge in [-0.25, -0.2) is 8.78 Å². The molecule has 2 rings (SSSR count). The lowest BCUT2D eigenvalue weighted by atomic mass is 9.89. The second-order valence-electron chi connectivity index (χ2n) is 4.56. The smallest absolute Gasteiger partial charge is 0.143 e. The molecule has 0 spiro atoms. The number of anilines is 1. The summed E-state index contributed by atoms with van der Waals surface area (Å²) in [6, 6.07) is 3.07. The highest BCUT2D eigenvalue weighted by Gasteiger charge is 2.43. The summed E-state index contributed by atoms with van der Waals surface area (Å²) in [5.74, 6) is -0.241. The molecule has 1 aliphatic rings. The summed E-state index contributed by atoms with van der Waals surface area (Å²) in [7, 11) is 2.22. The van der Waals surface area contributed by atoms with Crippen molar-refractivity contribution in [3.05, 3.63) is 29.1 Å². The van der Waals surface area contributed by atoms with E-state index in [1.165, 1.54) is 6.07 Å². The summed E-state index contributed by atoms with van der Waals surface area (Å²) in [6.45, 7) is 7.60. The Kier molecular flexibility index (Phi) is 5.10. The van der Waals surface area contributed by atoms with Crippen LogP contribution in [0.2, 0.25) is 0 Å². The van der Waals surface area contributed by atoms with Gasteiger partial charge in [-0.3, -0.25) is 0 Å². The molecule has 3 atom stereocenters. The average molecular weight is 273 g/mol. The van der Waals surface area contributed by atoms with Crippen LogP contribution in [0.3, 0.4) is 0 Å². The lowest BCUT2D eigenvalue weighted by Gasteiger charge is -2.41. The van der Waals surface area contributed by atoms with Crippen LogP contribution in [0, 0.1) is 19.7 Å². The van der Waals surface area contributed by atoms with E-state index in [0.717, 1.165) is 12.0 Å². The van der Waals surface area contributed by atoms with Crippen molar-refractivity contribution in [3.63, 3.8) is 0 Å². The minimum absolute atomic E-state index is 0.223. The van der Waals surface area contributed by atoms with Crippen LogP contribution in [0.1, 0.15) is 37.8 Å². The quantitative estimate of drug-likeness (QED) is 0.777. The van der Waals surface area contributed by atoms with Crippen LogP contribution in [-0.4, -0.2) is 11.5 Å². The number of hydrogen-bond acceptors (Lipinski definition) is 1. The molecule has 0 amide bonds. The van der Waals surface area contributed by atoms with Gasteiger partial charge in [0.15, 0.2) is 0 Å². The minimum Gasteiger partial charge on any atom is -0.379 e. The predicted octanol–water partition coefficient (Wildman–Crippen LogP) is 4.58. The Morgan fingerprint density at radius 2 is 1.94 bits per heavy atom. The molecule has 1 aromatic carbocycles. The van der Waals surface area contributed by atoms with Gasteiger partial charge in [0.05, 0.1) is 6.04 Å². The van der Waals surface area contributed by atoms with E-state index in [1.54, 1.807) is 6.92 Å². The molecule has 102 valence electrons. The van der Waals surface area contributed by atoms with E-state index in [4.69, 9.17) is 0 Å². The number of rotatable bonds is 2. The zero-order valence-corrected chi connectivity index (χ0v) is 12.6. The zero-order chi connectivity index (χ0) is 13.9. The molecule has 0 aliphatic heterocycles. The highest BCUT2D eigenvalue weighted by Crippen LogP contribution is 2.43. The standard InChI is InChI=1S/C12H16F2NP.C2H6/c1-7-5-9(6-10(13)8(7)2)15-11-3-4-12(11,14)16;1-2/h5-6,11,15H,3-4,16H2,1-2H3;1-2H3. The van der Waals surface area contributed by atoms with E-state index in [0.29, 0.717) is 17.7 Å². The molecule has 1 aliphatic carbocycles. The first-order chi connectivity index (χ1) is 8.40. The minimum atomic E-state index is -1.24. The van der Waals surface area contributed by atoms with Crippen molar-refractivity contribution < 1.29 is 8.78 Å². The molecule has 18 heavy (non-hydrogen) atoms. The SMILES string of the molecule is CC.Cc1cc(NC2CCC2(F)P)cc(F)c1C. The van der Waals surface area contributed by atoms with Crippen molar-refractivity contribution >= 4 is 14.9 Å². The van der Waals surface area contributed by atoms with Crippen LogP contribution in [0.15, 0.2) is 12.1 Å². The van der Waals surface area contributed by atoms with Crippen LogP contribution in [0.5, 0.6) is 0 Å². The van der Waals surface area contributed by atoms with Crippen LogP contribution in [0.25, 0.3) is 0 Å². The van der Waals surface area contributed by atoms with Gasteiger partial charge in [0.1, 0.15) is 11.2 Å². The highest BCUT2D eigenvalue weighted by atomic mass is 31.0. The van der Waals surface area contributed by atoms with Crippen LogP contribution in [-0.2, 0) is 0 Å². The molecule has 0 bridgehead atoms. The van der Waals surface area contributed by atoms with Crippen molar-refractivity contribution in [2.24, 2.45) is 0 Å². The predicted molar refractivity (Wildman–Crippen MR) is 77.4 cm³/mol. The number of nitrogens with one attached hydrogen (secondary N) is 1. The summed E-state index contributed by atoms with van der Waals surface area (Å²) in [6.07, 6.45) is 1.33. The van der Waals surface area contributed by atoms with E-state index in [1.807, 2.05) is 26.8 Å². The third-order valence-corrected chi connectivity index (χ3v) is 4.03. The molecule has 1 fully saturated rings. The molecular weight excluding hydrogens is 251 g/mol. The van der Waals surface area contributed by atoms with Crippen LogP contribution in [0.4, 0.5) is 14.5 Å². The molecule has 1 nitrogen and oxygen atoms in total. The van der Waals surface area contributed by atoms with Gasteiger partial charge < -0.3 is 5.32 Å². The van der Waals surface area contributed by atoms with Gasteiger partial charge >= 0.3 is 0 Å². The monoisotopic (exact) mass is 273 g/mol. The third kappa shape index (κ3) is 3.20. The van der Waals surface area contributed by atoms with Crippen molar-refractivity contribution in [2.75, 3.05) is 5.32 Å². The Bertz CT molecular complexity index is 395. The molecule has 0 aromatic heterocycles. The van der Waals surface area contributed by atoms with Gasteiger partial charge in [-0.1, -0.05) is 23.1 Å². The average Bonchev–Trinajstić information content (AvgIpc) is 2.34. The topological polar surface area (TPSA) is 12.0 Å². The Hall–Kier alpha value is -0.690. The first-order valence-corrected chi connectivity index (χ1v) is 6.99. The van der Waals surface area contributed by atoms with Gasteiger partial charge in [0, 0.05) is 5.69 Å². The molecule has 1 aromatic rings. The molecule has 1 saturated carbocycles. The van der Waals surface area contributed by atoms with Gasteiger partial charge in [-0.2, -0.15) is 0 Å². The van der Waals surface area contributed by atoms with E-state index in [2.05, 4.69) is 14.6 Å². The number of benzene rings is 1. The van der Waals surface area contributed by atoms with Crippen molar-refractivity contribution in [2.45, 2.75) is 52.0 Å². The van der Waals surface area contributed by atoms with E-state index >= 15 is 0 Å². The zero-order valence-electron chi connectivity index (χ0n) is 11.5. The summed E-state index contributed by atoms with van der Waals surface area (Å²) in [5, 5.41) is 1.80. The normalized spacial score (nSPS) is 25.8. The number of aryl methyl sites for hydroxylation is 1. The maximum Gasteiger partial charge on any atom is 0.143 e. The third-order valence-electron chi connectivity index (χ3n) is 3.34. The van der Waals surface area contributed by atoms with Crippen LogP contribution < -0.4 is 5.32 Å². The summed E-state index contributed by atoms with van der Waals surface area (Å²) in [5.41, 5.74) is 2.20. The number of hydrogen-bond donors (Lipinski definition) is 1. The maximum absolute atomic E-state index is 13.6. The van der Waals surface area contributed by atoms with Gasteiger partial charge in [0.2, 0.25) is 0 Å². The number of halogens is 2. The largest absolute Gasteiger partial charge is 0.379 e. The van der Waals surface area contributed by atoms with E-state index in [9.17, 15) is 8.78 Å². The maximum atomic E-state index is 13.6. The summed E-state index contributed by atoms with van der Waals surface area (Å²) < 4.78 is 27.1. The molecule has 0 heterocycles. The Labute approximate surface area is 111 Å². The number of alkyl halides is 1. The fourth-order valence-corrected chi connectivity index (χ4v) is 2.27. The Balaban J connectivity index is 0.000000771. The molecule has 0 radical (unpaired) electrons. The van der Waals surface area contributed by atoms with Crippen molar-refractivity contribution in [1.29, 1.82) is 0 Å². The van der Waals surface area contributed by atoms with Crippen LogP contribution >= 0.6 is 9.24 Å². The van der Waals surface area contributed by atoms with Gasteiger partial charge in [0.25, 0.3) is 0 Å². The fraction of sp³-hybridized carbons (Fsp3) is 0.571. The van der Waals surface area contributed by atoms with E-state index in [-0.39, 0.29) is 11.9 Å². The van der Waals surface area contributed by atoms with Gasteiger partial charge in [-0.15, -0.1) is 0 Å². The molecule has 0 saturated heterocycles. The Morgan fingerprint density at radius 3 is 2.33 bits per heavy atom. The highest BCUT2D eigenvalue weighted by molar-refractivity contribution is 7.18. The first kappa shape index (κ1) is 15.4. The first-order valence-electron chi connectivity index (χ1n) is 6.41. The Morgan fingerprint density at radius 1 is 1.33 bits per heavy atom. The lowest BCUT2D eigenvalue weighted by molar-refractivity contribution is 0.146. The molecular formula is C14H22F2NP. The second-order valence-corrected chi connectivity index (χ2v) is 5.52. The molecule has 4 heteroatoms. The molecule has 1 N–H and O–H groups in total. The second kappa shape index (κ2) is 5.97. The van der Waals surface area contributed by atoms with Crippen molar-refractivity contribution in [1.82, 2.24) is 0 Å². The fourth-order valence-electron chi connectivity index (χ4n) is 1.86. The van der Waals surface area contributed by atoms with Crippen molar-refractivity contribution in [3.8, 4) is 0 Å². The van der Waals surface area contributed by atoms with Gasteiger partial charge in [-0.05, 0) is 49.9 Å². The van der Waals surface area contributed by atoms with E-state index < -0.39 is 5.41 Å². The summed E-state index contributed by atoms with van der Waals surface area (Å²) >= 11 is 0. The molecule has 3 unspecified atom stereocenters.